The van der Waals surface area contributed by atoms with Crippen LogP contribution in [0, 0.1) is 6.92 Å². The summed E-state index contributed by atoms with van der Waals surface area (Å²) in [6.45, 7) is 1.96. The molecular weight excluding hydrogens is 136 g/mol. The van der Waals surface area contributed by atoms with E-state index in [9.17, 15) is 0 Å². The molecule has 2 nitrogen and oxygen atoms in total. The number of hydrogen-bond acceptors (Lipinski definition) is 1. The molecule has 0 fully saturated rings. The number of fused-ring (bicyclic) bond motifs is 1. The Morgan fingerprint density at radius 2 is 2.36 bits per heavy atom. The van der Waals surface area contributed by atoms with Gasteiger partial charge in [-0.2, -0.15) is 0 Å². The highest BCUT2D eigenvalue weighted by atomic mass is 15.0. The lowest BCUT2D eigenvalue weighted by Crippen LogP contribution is -1.89. The van der Waals surface area contributed by atoms with Gasteiger partial charge in [0.1, 0.15) is 5.82 Å². The van der Waals surface area contributed by atoms with Crippen LogP contribution in [0.15, 0.2) is 24.2 Å². The van der Waals surface area contributed by atoms with E-state index in [1.54, 1.807) is 12.1 Å². The third-order valence-electron chi connectivity index (χ3n) is 1.95. The van der Waals surface area contributed by atoms with Gasteiger partial charge in [0.05, 0.1) is 12.4 Å². The largest absolute Gasteiger partial charge is 0.331 e. The van der Waals surface area contributed by atoms with E-state index < -0.39 is 0 Å². The summed E-state index contributed by atoms with van der Waals surface area (Å²) in [5, 5.41) is 0. The summed E-state index contributed by atoms with van der Waals surface area (Å²) < 4.78 is 9.43. The van der Waals surface area contributed by atoms with Crippen molar-refractivity contribution in [3.63, 3.8) is 0 Å². The van der Waals surface area contributed by atoms with E-state index in [-0.39, 0.29) is 0 Å². The molecule has 56 valence electrons. The molecule has 1 heterocycles. The van der Waals surface area contributed by atoms with Crippen molar-refractivity contribution in [1.82, 2.24) is 9.55 Å². The van der Waals surface area contributed by atoms with Crippen LogP contribution in [-0.4, -0.2) is 9.55 Å². The summed E-state index contributed by atoms with van der Waals surface area (Å²) in [6.07, 6.45) is 0. The summed E-state index contributed by atoms with van der Waals surface area (Å²) in [6, 6.07) is 6.00. The van der Waals surface area contributed by atoms with Gasteiger partial charge in [0.2, 0.25) is 0 Å². The number of para-hydroxylation sites is 2. The lowest BCUT2D eigenvalue weighted by Gasteiger charge is -1.93. The van der Waals surface area contributed by atoms with E-state index >= 15 is 0 Å². The fourth-order valence-electron chi connectivity index (χ4n) is 1.21. The van der Waals surface area contributed by atoms with Gasteiger partial charge in [-0.3, -0.25) is 0 Å². The minimum atomic E-state index is 0.514. The predicted octanol–water partition coefficient (Wildman–Crippen LogP) is 1.88. The predicted molar refractivity (Wildman–Crippen MR) is 45.5 cm³/mol. The molecule has 2 heteroatoms. The number of rotatable bonds is 0. The van der Waals surface area contributed by atoms with Crippen LogP contribution in [-0.2, 0) is 7.05 Å². The second kappa shape index (κ2) is 2.09. The standard InChI is InChI=1S/C9H10N2/c1-7-10-8-5-3-4-6-9(8)11(7)2/h3-6H,1-2H3/i3D. The number of imidazole rings is 1. The minimum absolute atomic E-state index is 0.514. The lowest BCUT2D eigenvalue weighted by atomic mass is 10.3. The first kappa shape index (κ1) is 5.35. The molecule has 0 aliphatic heterocycles. The number of benzene rings is 1. The molecule has 0 saturated heterocycles. The number of nitrogens with zero attached hydrogens (tertiary/aromatic N) is 2. The Hall–Kier alpha value is -1.31. The number of aromatic nitrogens is 2. The van der Waals surface area contributed by atoms with Gasteiger partial charge >= 0.3 is 0 Å². The smallest absolute Gasteiger partial charge is 0.106 e. The van der Waals surface area contributed by atoms with Crippen molar-refractivity contribution in [2.75, 3.05) is 0 Å². The van der Waals surface area contributed by atoms with E-state index in [0.717, 1.165) is 16.9 Å². The zero-order valence-corrected chi connectivity index (χ0v) is 6.63. The molecular formula is C9H10N2. The van der Waals surface area contributed by atoms with Crippen molar-refractivity contribution in [2.24, 2.45) is 7.05 Å². The maximum atomic E-state index is 7.41. The van der Waals surface area contributed by atoms with Crippen LogP contribution < -0.4 is 0 Å². The van der Waals surface area contributed by atoms with Gasteiger partial charge in [-0.15, -0.1) is 0 Å². The fraction of sp³-hybridized carbons (Fsp3) is 0.222. The molecule has 0 atom stereocenters. The molecule has 0 bridgehead atoms. The molecule has 0 aliphatic rings. The van der Waals surface area contributed by atoms with Crippen LogP contribution in [0.25, 0.3) is 11.0 Å². The molecule has 0 N–H and O–H groups in total. The van der Waals surface area contributed by atoms with Crippen molar-refractivity contribution >= 4 is 11.0 Å². The summed E-state index contributed by atoms with van der Waals surface area (Å²) in [4.78, 5) is 4.32. The van der Waals surface area contributed by atoms with Crippen LogP contribution in [0.1, 0.15) is 7.20 Å². The van der Waals surface area contributed by atoms with Crippen LogP contribution in [0.3, 0.4) is 0 Å². The minimum Gasteiger partial charge on any atom is -0.331 e. The molecule has 0 radical (unpaired) electrons. The van der Waals surface area contributed by atoms with Crippen LogP contribution in [0.4, 0.5) is 0 Å². The Morgan fingerprint density at radius 1 is 1.55 bits per heavy atom. The zero-order chi connectivity index (χ0) is 8.72. The quantitative estimate of drug-likeness (QED) is 0.556. The van der Waals surface area contributed by atoms with Gasteiger partial charge in [-0.05, 0) is 19.1 Å². The third-order valence-corrected chi connectivity index (χ3v) is 1.95. The molecule has 1 aromatic heterocycles. The van der Waals surface area contributed by atoms with Gasteiger partial charge < -0.3 is 4.57 Å². The van der Waals surface area contributed by atoms with Crippen LogP contribution in [0.5, 0.6) is 0 Å². The number of aryl methyl sites for hydroxylation is 2. The highest BCUT2D eigenvalue weighted by Crippen LogP contribution is 2.12. The SMILES string of the molecule is [2H]c1ccc2c(c1)nc(C)n2C. The Balaban J connectivity index is 2.87. The van der Waals surface area contributed by atoms with Crippen molar-refractivity contribution < 1.29 is 1.37 Å². The Labute approximate surface area is 66.9 Å². The number of hydrogen-bond donors (Lipinski definition) is 0. The first-order chi connectivity index (χ1) is 5.68. The van der Waals surface area contributed by atoms with E-state index in [0.29, 0.717) is 6.04 Å². The van der Waals surface area contributed by atoms with Crippen LogP contribution in [0.2, 0.25) is 0 Å². The molecule has 2 aromatic rings. The summed E-state index contributed by atoms with van der Waals surface area (Å²) in [5.74, 6) is 0.982. The average molecular weight is 147 g/mol. The second-order valence-electron chi connectivity index (χ2n) is 2.63. The molecule has 0 saturated carbocycles. The molecule has 0 spiro atoms. The monoisotopic (exact) mass is 147 g/mol. The maximum absolute atomic E-state index is 7.41. The fourth-order valence-corrected chi connectivity index (χ4v) is 1.21. The molecule has 0 unspecified atom stereocenters. The van der Waals surface area contributed by atoms with E-state index in [1.807, 2.05) is 24.6 Å². The summed E-state index contributed by atoms with van der Waals surface area (Å²) in [7, 11) is 1.98. The highest BCUT2D eigenvalue weighted by molar-refractivity contribution is 5.75. The van der Waals surface area contributed by atoms with Gasteiger partial charge in [0, 0.05) is 7.05 Å². The van der Waals surface area contributed by atoms with Crippen molar-refractivity contribution in [3.05, 3.63) is 30.1 Å². The normalized spacial score (nSPS) is 12.0. The van der Waals surface area contributed by atoms with E-state index in [2.05, 4.69) is 4.98 Å². The zero-order valence-electron chi connectivity index (χ0n) is 7.63. The Morgan fingerprint density at radius 3 is 3.18 bits per heavy atom. The van der Waals surface area contributed by atoms with Gasteiger partial charge in [-0.1, -0.05) is 12.1 Å². The Bertz CT molecular complexity index is 431. The van der Waals surface area contributed by atoms with Crippen molar-refractivity contribution in [2.45, 2.75) is 6.92 Å². The second-order valence-corrected chi connectivity index (χ2v) is 2.63. The summed E-state index contributed by atoms with van der Waals surface area (Å²) >= 11 is 0. The van der Waals surface area contributed by atoms with Crippen molar-refractivity contribution in [1.29, 1.82) is 0 Å². The molecule has 11 heavy (non-hydrogen) atoms. The Kier molecular flexibility index (Phi) is 1.02. The maximum Gasteiger partial charge on any atom is 0.106 e. The first-order valence-corrected chi connectivity index (χ1v) is 3.58. The average Bonchev–Trinajstić information content (AvgIpc) is 2.28. The van der Waals surface area contributed by atoms with Gasteiger partial charge in [0.25, 0.3) is 0 Å². The highest BCUT2D eigenvalue weighted by Gasteiger charge is 2.00. The molecule has 1 aromatic carbocycles. The topological polar surface area (TPSA) is 17.8 Å². The molecule has 0 aliphatic carbocycles. The first-order valence-electron chi connectivity index (χ1n) is 4.08. The summed E-state index contributed by atoms with van der Waals surface area (Å²) in [5.41, 5.74) is 1.99. The van der Waals surface area contributed by atoms with Crippen molar-refractivity contribution in [3.8, 4) is 0 Å². The van der Waals surface area contributed by atoms with Crippen LogP contribution >= 0.6 is 0 Å². The van der Waals surface area contributed by atoms with E-state index in [1.165, 1.54) is 0 Å². The van der Waals surface area contributed by atoms with Gasteiger partial charge in [0.15, 0.2) is 0 Å². The molecule has 2 rings (SSSR count). The third kappa shape index (κ3) is 0.827. The molecule has 0 amide bonds. The lowest BCUT2D eigenvalue weighted by molar-refractivity contribution is 0.886. The van der Waals surface area contributed by atoms with E-state index in [4.69, 9.17) is 1.37 Å². The van der Waals surface area contributed by atoms with Gasteiger partial charge in [-0.25, -0.2) is 4.98 Å².